The van der Waals surface area contributed by atoms with Crippen molar-refractivity contribution in [1.82, 2.24) is 9.88 Å². The molecule has 1 saturated heterocycles. The van der Waals surface area contributed by atoms with Crippen LogP contribution < -0.4 is 10.6 Å². The first-order valence-electron chi connectivity index (χ1n) is 8.37. The molecule has 7 heteroatoms. The van der Waals surface area contributed by atoms with Crippen LogP contribution in [0.25, 0.3) is 0 Å². The second kappa shape index (κ2) is 7.77. The maximum atomic E-state index is 12.5. The van der Waals surface area contributed by atoms with Crippen molar-refractivity contribution in [2.75, 3.05) is 17.2 Å². The minimum absolute atomic E-state index is 0.0530. The van der Waals surface area contributed by atoms with Crippen LogP contribution in [-0.4, -0.2) is 34.2 Å². The highest BCUT2D eigenvalue weighted by Gasteiger charge is 2.34. The molecule has 1 aromatic carbocycles. The molecular weight excluding hydrogens is 332 g/mol. The number of carbonyl (C=O) groups excluding carboxylic acids is 3. The highest BCUT2D eigenvalue weighted by molar-refractivity contribution is 5.98. The average molecular weight is 352 g/mol. The van der Waals surface area contributed by atoms with Crippen molar-refractivity contribution >= 4 is 29.1 Å². The molecule has 3 rings (SSSR count). The van der Waals surface area contributed by atoms with Crippen LogP contribution >= 0.6 is 0 Å². The Balaban J connectivity index is 1.60. The number of benzene rings is 1. The molecule has 2 heterocycles. The maximum absolute atomic E-state index is 12.5. The standard InChI is InChI=1S/C19H20N4O3/c1-13(24)21-15-6-4-7-16(10-15)22-19(26)14-9-18(25)23(11-14)12-17-5-2-3-8-20-17/h2-8,10,14H,9,11-12H2,1H3,(H,21,24)(H,22,26). The number of nitrogens with one attached hydrogen (secondary N) is 2. The number of rotatable bonds is 5. The van der Waals surface area contributed by atoms with Crippen LogP contribution in [0.2, 0.25) is 0 Å². The van der Waals surface area contributed by atoms with Crippen molar-refractivity contribution in [2.24, 2.45) is 5.92 Å². The molecular formula is C19H20N4O3. The molecule has 7 nitrogen and oxygen atoms in total. The topological polar surface area (TPSA) is 91.4 Å². The van der Waals surface area contributed by atoms with Crippen molar-refractivity contribution in [3.63, 3.8) is 0 Å². The van der Waals surface area contributed by atoms with Gasteiger partial charge in [0.25, 0.3) is 0 Å². The fraction of sp³-hybridized carbons (Fsp3) is 0.263. The summed E-state index contributed by atoms with van der Waals surface area (Å²) in [5, 5.41) is 5.49. The summed E-state index contributed by atoms with van der Waals surface area (Å²) in [5.41, 5.74) is 1.98. The van der Waals surface area contributed by atoms with Crippen molar-refractivity contribution in [2.45, 2.75) is 19.9 Å². The van der Waals surface area contributed by atoms with Crippen LogP contribution in [0.4, 0.5) is 11.4 Å². The third-order valence-electron chi connectivity index (χ3n) is 4.11. The van der Waals surface area contributed by atoms with E-state index in [2.05, 4.69) is 15.6 Å². The number of aromatic nitrogens is 1. The first-order chi connectivity index (χ1) is 12.5. The van der Waals surface area contributed by atoms with Gasteiger partial charge in [0.2, 0.25) is 17.7 Å². The van der Waals surface area contributed by atoms with E-state index in [4.69, 9.17) is 0 Å². The van der Waals surface area contributed by atoms with Gasteiger partial charge >= 0.3 is 0 Å². The zero-order chi connectivity index (χ0) is 18.5. The Morgan fingerprint density at radius 3 is 2.62 bits per heavy atom. The number of pyridine rings is 1. The third kappa shape index (κ3) is 4.44. The Labute approximate surface area is 151 Å². The lowest BCUT2D eigenvalue weighted by atomic mass is 10.1. The number of hydrogen-bond acceptors (Lipinski definition) is 4. The molecule has 3 amide bonds. The average Bonchev–Trinajstić information content (AvgIpc) is 2.96. The van der Waals surface area contributed by atoms with Crippen molar-refractivity contribution < 1.29 is 14.4 Å². The Hall–Kier alpha value is -3.22. The predicted molar refractivity (Wildman–Crippen MR) is 97.1 cm³/mol. The molecule has 0 saturated carbocycles. The van der Waals surface area contributed by atoms with Crippen LogP contribution in [0, 0.1) is 5.92 Å². The van der Waals surface area contributed by atoms with E-state index in [0.29, 0.717) is 24.5 Å². The molecule has 0 radical (unpaired) electrons. The SMILES string of the molecule is CC(=O)Nc1cccc(NC(=O)C2CC(=O)N(Cc3ccccn3)C2)c1. The molecule has 2 aromatic rings. The number of likely N-dealkylation sites (tertiary alicyclic amines) is 1. The van der Waals surface area contributed by atoms with Crippen molar-refractivity contribution in [3.05, 3.63) is 54.4 Å². The molecule has 1 aliphatic heterocycles. The smallest absolute Gasteiger partial charge is 0.229 e. The number of nitrogens with zero attached hydrogens (tertiary/aromatic N) is 2. The zero-order valence-electron chi connectivity index (χ0n) is 14.4. The van der Waals surface area contributed by atoms with Gasteiger partial charge in [-0.15, -0.1) is 0 Å². The van der Waals surface area contributed by atoms with E-state index in [0.717, 1.165) is 5.69 Å². The van der Waals surface area contributed by atoms with E-state index in [9.17, 15) is 14.4 Å². The molecule has 0 bridgehead atoms. The summed E-state index contributed by atoms with van der Waals surface area (Å²) in [6.07, 6.45) is 1.87. The van der Waals surface area contributed by atoms with Gasteiger partial charge in [-0.05, 0) is 30.3 Å². The van der Waals surface area contributed by atoms with E-state index >= 15 is 0 Å². The third-order valence-corrected chi connectivity index (χ3v) is 4.11. The van der Waals surface area contributed by atoms with Gasteiger partial charge in [0.1, 0.15) is 0 Å². The summed E-state index contributed by atoms with van der Waals surface area (Å²) < 4.78 is 0. The van der Waals surface area contributed by atoms with E-state index in [1.54, 1.807) is 35.4 Å². The van der Waals surface area contributed by atoms with Gasteiger partial charge in [-0.1, -0.05) is 12.1 Å². The van der Waals surface area contributed by atoms with Crippen LogP contribution in [0.15, 0.2) is 48.7 Å². The van der Waals surface area contributed by atoms with E-state index < -0.39 is 5.92 Å². The molecule has 134 valence electrons. The van der Waals surface area contributed by atoms with Crippen molar-refractivity contribution in [3.8, 4) is 0 Å². The minimum Gasteiger partial charge on any atom is -0.336 e. The fourth-order valence-electron chi connectivity index (χ4n) is 2.91. The number of amides is 3. The van der Waals surface area contributed by atoms with Crippen LogP contribution in [0.1, 0.15) is 19.0 Å². The summed E-state index contributed by atoms with van der Waals surface area (Å²) in [4.78, 5) is 41.7. The Morgan fingerprint density at radius 1 is 1.15 bits per heavy atom. The predicted octanol–water partition coefficient (Wildman–Crippen LogP) is 2.03. The number of carbonyl (C=O) groups is 3. The van der Waals surface area contributed by atoms with Gasteiger partial charge in [-0.2, -0.15) is 0 Å². The molecule has 1 atom stereocenters. The molecule has 0 spiro atoms. The summed E-state index contributed by atoms with van der Waals surface area (Å²) in [6.45, 7) is 2.19. The quantitative estimate of drug-likeness (QED) is 0.861. The summed E-state index contributed by atoms with van der Waals surface area (Å²) in [7, 11) is 0. The number of hydrogen-bond donors (Lipinski definition) is 2. The molecule has 1 aliphatic rings. The van der Waals surface area contributed by atoms with Gasteiger partial charge < -0.3 is 15.5 Å². The molecule has 2 N–H and O–H groups in total. The normalized spacial score (nSPS) is 16.4. The summed E-state index contributed by atoms with van der Waals surface area (Å²) in [6, 6.07) is 12.5. The van der Waals surface area contributed by atoms with Crippen LogP contribution in [0.5, 0.6) is 0 Å². The largest absolute Gasteiger partial charge is 0.336 e. The fourth-order valence-corrected chi connectivity index (χ4v) is 2.91. The van der Waals surface area contributed by atoms with Gasteiger partial charge in [-0.3, -0.25) is 19.4 Å². The lowest BCUT2D eigenvalue weighted by Crippen LogP contribution is -2.28. The zero-order valence-corrected chi connectivity index (χ0v) is 14.4. The van der Waals surface area contributed by atoms with Crippen LogP contribution in [-0.2, 0) is 20.9 Å². The summed E-state index contributed by atoms with van der Waals surface area (Å²) >= 11 is 0. The van der Waals surface area contributed by atoms with Gasteiger partial charge in [-0.25, -0.2) is 0 Å². The lowest BCUT2D eigenvalue weighted by molar-refractivity contribution is -0.128. The van der Waals surface area contributed by atoms with Gasteiger partial charge in [0, 0.05) is 37.5 Å². The van der Waals surface area contributed by atoms with Crippen molar-refractivity contribution in [1.29, 1.82) is 0 Å². The second-order valence-corrected chi connectivity index (χ2v) is 6.25. The lowest BCUT2D eigenvalue weighted by Gasteiger charge is -2.16. The van der Waals surface area contributed by atoms with E-state index in [1.807, 2.05) is 18.2 Å². The summed E-state index contributed by atoms with van der Waals surface area (Å²) in [5.74, 6) is -0.847. The van der Waals surface area contributed by atoms with E-state index in [1.165, 1.54) is 6.92 Å². The maximum Gasteiger partial charge on any atom is 0.229 e. The highest BCUT2D eigenvalue weighted by atomic mass is 16.2. The Kier molecular flexibility index (Phi) is 5.26. The van der Waals surface area contributed by atoms with Crippen LogP contribution in [0.3, 0.4) is 0 Å². The molecule has 26 heavy (non-hydrogen) atoms. The first-order valence-corrected chi connectivity index (χ1v) is 8.37. The molecule has 1 aromatic heterocycles. The second-order valence-electron chi connectivity index (χ2n) is 6.25. The molecule has 1 unspecified atom stereocenters. The minimum atomic E-state index is -0.407. The monoisotopic (exact) mass is 352 g/mol. The first kappa shape index (κ1) is 17.6. The van der Waals surface area contributed by atoms with Gasteiger partial charge in [0.05, 0.1) is 18.2 Å². The number of anilines is 2. The molecule has 1 fully saturated rings. The van der Waals surface area contributed by atoms with E-state index in [-0.39, 0.29) is 24.1 Å². The Morgan fingerprint density at radius 2 is 1.92 bits per heavy atom. The van der Waals surface area contributed by atoms with Gasteiger partial charge in [0.15, 0.2) is 0 Å². The molecule has 0 aliphatic carbocycles. The Bertz CT molecular complexity index is 823. The highest BCUT2D eigenvalue weighted by Crippen LogP contribution is 2.22.